The van der Waals surface area contributed by atoms with E-state index in [0.717, 1.165) is 12.7 Å². The van der Waals surface area contributed by atoms with E-state index >= 15 is 0 Å². The molecule has 1 unspecified atom stereocenters. The number of amides is 1. The predicted octanol–water partition coefficient (Wildman–Crippen LogP) is 0.930. The van der Waals surface area contributed by atoms with Gasteiger partial charge in [0.25, 0.3) is 0 Å². The lowest BCUT2D eigenvalue weighted by molar-refractivity contribution is -0.126. The summed E-state index contributed by atoms with van der Waals surface area (Å²) in [5.41, 5.74) is 0.675. The number of carbonyl (C=O) groups excluding carboxylic acids is 1. The molecule has 1 aromatic heterocycles. The van der Waals surface area contributed by atoms with Gasteiger partial charge in [0.05, 0.1) is 11.7 Å². The third-order valence-electron chi connectivity index (χ3n) is 3.87. The summed E-state index contributed by atoms with van der Waals surface area (Å²) in [6.45, 7) is 3.55. The molecule has 0 radical (unpaired) electrons. The van der Waals surface area contributed by atoms with Crippen LogP contribution in [0.5, 0.6) is 0 Å². The summed E-state index contributed by atoms with van der Waals surface area (Å²) in [7, 11) is -3.41. The Labute approximate surface area is 118 Å². The minimum Gasteiger partial charge on any atom is -0.347 e. The molecule has 1 aromatic rings. The highest BCUT2D eigenvalue weighted by molar-refractivity contribution is 7.93. The molecule has 0 saturated heterocycles. The molecule has 20 heavy (non-hydrogen) atoms. The van der Waals surface area contributed by atoms with Gasteiger partial charge in [-0.1, -0.05) is 0 Å². The Hall–Kier alpha value is -1.50. The summed E-state index contributed by atoms with van der Waals surface area (Å²) in [5.74, 6) is 0.195. The minimum atomic E-state index is -3.41. The molecule has 1 aliphatic carbocycles. The Kier molecular flexibility index (Phi) is 3.82. The summed E-state index contributed by atoms with van der Waals surface area (Å²) in [4.78, 5) is 20.6. The zero-order valence-electron chi connectivity index (χ0n) is 11.9. The second-order valence-corrected chi connectivity index (χ2v) is 7.67. The summed E-state index contributed by atoms with van der Waals surface area (Å²) in [5, 5.41) is 2.76. The second-order valence-electron chi connectivity index (χ2n) is 5.34. The quantitative estimate of drug-likeness (QED) is 0.893. The highest BCUT2D eigenvalue weighted by Crippen LogP contribution is 2.39. The number of nitrogens with zero attached hydrogens (tertiary/aromatic N) is 2. The minimum absolute atomic E-state index is 0.344. The topological polar surface area (TPSA) is 89.0 Å². The average molecular weight is 297 g/mol. The molecule has 1 amide bonds. The van der Waals surface area contributed by atoms with E-state index in [4.69, 9.17) is 0 Å². The molecule has 7 heteroatoms. The summed E-state index contributed by atoms with van der Waals surface area (Å²) >= 11 is 0. The van der Waals surface area contributed by atoms with Gasteiger partial charge in [0.15, 0.2) is 9.84 Å². The van der Waals surface area contributed by atoms with Crippen LogP contribution in [0, 0.1) is 6.92 Å². The average Bonchev–Trinajstić information content (AvgIpc) is 2.24. The van der Waals surface area contributed by atoms with E-state index < -0.39 is 20.5 Å². The fraction of sp³-hybridized carbons (Fsp3) is 0.615. The molecule has 2 rings (SSSR count). The molecule has 1 N–H and O–H groups in total. The molecule has 1 fully saturated rings. The van der Waals surface area contributed by atoms with Crippen molar-refractivity contribution in [3.05, 3.63) is 23.8 Å². The lowest BCUT2D eigenvalue weighted by atomic mass is 9.83. The van der Waals surface area contributed by atoms with Gasteiger partial charge in [-0.3, -0.25) is 4.79 Å². The van der Waals surface area contributed by atoms with Crippen molar-refractivity contribution >= 4 is 15.7 Å². The molecule has 0 aliphatic heterocycles. The first-order chi connectivity index (χ1) is 9.26. The van der Waals surface area contributed by atoms with Crippen molar-refractivity contribution in [3.63, 3.8) is 0 Å². The van der Waals surface area contributed by atoms with Crippen LogP contribution in [-0.2, 0) is 14.6 Å². The molecule has 1 aliphatic rings. The maximum Gasteiger partial charge on any atom is 0.241 e. The third-order valence-corrected chi connectivity index (χ3v) is 5.89. The zero-order valence-corrected chi connectivity index (χ0v) is 12.7. The van der Waals surface area contributed by atoms with Crippen molar-refractivity contribution in [1.82, 2.24) is 15.3 Å². The standard InChI is InChI=1S/C13H19N3O3S/c1-9(11-5-8-14-10(2)16-11)15-12(17)13(6-4-7-13)20(3,18)19/h5,8-9H,4,6-7H2,1-3H3,(H,15,17). The highest BCUT2D eigenvalue weighted by Gasteiger charge is 2.53. The van der Waals surface area contributed by atoms with Gasteiger partial charge >= 0.3 is 0 Å². The Morgan fingerprint density at radius 1 is 1.45 bits per heavy atom. The molecule has 110 valence electrons. The summed E-state index contributed by atoms with van der Waals surface area (Å²) in [6.07, 6.45) is 4.31. The van der Waals surface area contributed by atoms with Crippen LogP contribution in [0.25, 0.3) is 0 Å². The van der Waals surface area contributed by atoms with Gasteiger partial charge < -0.3 is 5.32 Å². The summed E-state index contributed by atoms with van der Waals surface area (Å²) < 4.78 is 22.5. The van der Waals surface area contributed by atoms with E-state index in [1.165, 1.54) is 0 Å². The number of sulfone groups is 1. The number of nitrogens with one attached hydrogen (secondary N) is 1. The van der Waals surface area contributed by atoms with Crippen LogP contribution in [0.1, 0.15) is 43.7 Å². The molecular weight excluding hydrogens is 278 g/mol. The van der Waals surface area contributed by atoms with Gasteiger partial charge in [0.2, 0.25) is 5.91 Å². The van der Waals surface area contributed by atoms with Crippen LogP contribution in [0.2, 0.25) is 0 Å². The molecular formula is C13H19N3O3S. The molecule has 0 aromatic carbocycles. The molecule has 0 bridgehead atoms. The lowest BCUT2D eigenvalue weighted by Crippen LogP contribution is -2.57. The van der Waals surface area contributed by atoms with Gasteiger partial charge in [-0.05, 0) is 39.2 Å². The summed E-state index contributed by atoms with van der Waals surface area (Å²) in [6, 6.07) is 1.37. The number of hydrogen-bond acceptors (Lipinski definition) is 5. The maximum atomic E-state index is 12.3. The normalized spacial score (nSPS) is 18.9. The van der Waals surface area contributed by atoms with Gasteiger partial charge in [-0.15, -0.1) is 0 Å². The molecule has 1 atom stereocenters. The maximum absolute atomic E-state index is 12.3. The van der Waals surface area contributed by atoms with Crippen molar-refractivity contribution < 1.29 is 13.2 Å². The van der Waals surface area contributed by atoms with E-state index in [0.29, 0.717) is 24.4 Å². The highest BCUT2D eigenvalue weighted by atomic mass is 32.2. The Bertz CT molecular complexity index is 624. The number of aryl methyl sites for hydroxylation is 1. The van der Waals surface area contributed by atoms with Crippen LogP contribution in [0.4, 0.5) is 0 Å². The van der Waals surface area contributed by atoms with Gasteiger partial charge in [-0.2, -0.15) is 0 Å². The van der Waals surface area contributed by atoms with Gasteiger partial charge in [0, 0.05) is 12.5 Å². The van der Waals surface area contributed by atoms with Gasteiger partial charge in [0.1, 0.15) is 10.6 Å². The van der Waals surface area contributed by atoms with Crippen molar-refractivity contribution in [2.45, 2.75) is 43.9 Å². The van der Waals surface area contributed by atoms with Crippen LogP contribution in [0.3, 0.4) is 0 Å². The molecule has 0 spiro atoms. The lowest BCUT2D eigenvalue weighted by Gasteiger charge is -2.38. The van der Waals surface area contributed by atoms with Crippen molar-refractivity contribution in [2.75, 3.05) is 6.26 Å². The van der Waals surface area contributed by atoms with Gasteiger partial charge in [-0.25, -0.2) is 18.4 Å². The van der Waals surface area contributed by atoms with E-state index in [1.54, 1.807) is 26.1 Å². The van der Waals surface area contributed by atoms with E-state index in [1.807, 2.05) is 0 Å². The first-order valence-electron chi connectivity index (χ1n) is 6.56. The monoisotopic (exact) mass is 297 g/mol. The van der Waals surface area contributed by atoms with Crippen LogP contribution < -0.4 is 5.32 Å². The first kappa shape index (κ1) is 14.9. The fourth-order valence-electron chi connectivity index (χ4n) is 2.38. The van der Waals surface area contributed by atoms with Crippen LogP contribution in [0.15, 0.2) is 12.3 Å². The van der Waals surface area contributed by atoms with Crippen LogP contribution in [-0.4, -0.2) is 35.3 Å². The SMILES string of the molecule is Cc1nccc(C(C)NC(=O)C2(S(C)(=O)=O)CCC2)n1. The molecule has 1 saturated carbocycles. The van der Waals surface area contributed by atoms with E-state index in [2.05, 4.69) is 15.3 Å². The number of aromatic nitrogens is 2. The molecule has 1 heterocycles. The Morgan fingerprint density at radius 2 is 2.10 bits per heavy atom. The Morgan fingerprint density at radius 3 is 2.55 bits per heavy atom. The number of rotatable bonds is 4. The molecule has 6 nitrogen and oxygen atoms in total. The smallest absolute Gasteiger partial charge is 0.241 e. The number of carbonyl (C=O) groups is 1. The van der Waals surface area contributed by atoms with Crippen molar-refractivity contribution in [3.8, 4) is 0 Å². The zero-order chi connectivity index (χ0) is 15.0. The van der Waals surface area contributed by atoms with Crippen molar-refractivity contribution in [2.24, 2.45) is 0 Å². The Balaban J connectivity index is 2.16. The predicted molar refractivity (Wildman–Crippen MR) is 74.8 cm³/mol. The van der Waals surface area contributed by atoms with Crippen molar-refractivity contribution in [1.29, 1.82) is 0 Å². The van der Waals surface area contributed by atoms with E-state index in [9.17, 15) is 13.2 Å². The van der Waals surface area contributed by atoms with Crippen LogP contribution >= 0.6 is 0 Å². The van der Waals surface area contributed by atoms with E-state index in [-0.39, 0.29) is 6.04 Å². The first-order valence-corrected chi connectivity index (χ1v) is 8.45. The largest absolute Gasteiger partial charge is 0.347 e. The third kappa shape index (κ3) is 2.54. The fourth-order valence-corrected chi connectivity index (χ4v) is 3.81. The number of hydrogen-bond donors (Lipinski definition) is 1. The second kappa shape index (κ2) is 5.12.